The zero-order valence-electron chi connectivity index (χ0n) is 11.6. The number of nitrogens with one attached hydrogen (secondary N) is 1. The van der Waals surface area contributed by atoms with Gasteiger partial charge in [-0.2, -0.15) is 0 Å². The fourth-order valence-electron chi connectivity index (χ4n) is 2.84. The van der Waals surface area contributed by atoms with Crippen molar-refractivity contribution in [3.05, 3.63) is 0 Å². The second kappa shape index (κ2) is 7.29. The zero-order chi connectivity index (χ0) is 12.0. The van der Waals surface area contributed by atoms with Crippen molar-refractivity contribution >= 4 is 0 Å². The van der Waals surface area contributed by atoms with Gasteiger partial charge in [0.1, 0.15) is 0 Å². The van der Waals surface area contributed by atoms with Crippen molar-refractivity contribution < 1.29 is 0 Å². The van der Waals surface area contributed by atoms with E-state index in [0.717, 1.165) is 12.5 Å². The number of likely N-dealkylation sites (tertiary alicyclic amines) is 1. The van der Waals surface area contributed by atoms with E-state index in [1.165, 1.54) is 38.8 Å². The molecule has 0 bridgehead atoms. The number of nitrogens with zero attached hydrogens (tertiary/aromatic N) is 1. The van der Waals surface area contributed by atoms with Gasteiger partial charge in [0, 0.05) is 18.6 Å². The minimum Gasteiger partial charge on any atom is -0.312 e. The molecule has 1 heterocycles. The van der Waals surface area contributed by atoms with Crippen molar-refractivity contribution in [1.82, 2.24) is 10.2 Å². The van der Waals surface area contributed by atoms with Crippen LogP contribution >= 0.6 is 0 Å². The van der Waals surface area contributed by atoms with Gasteiger partial charge < -0.3 is 5.32 Å². The van der Waals surface area contributed by atoms with Gasteiger partial charge in [0.25, 0.3) is 0 Å². The Morgan fingerprint density at radius 2 is 2.12 bits per heavy atom. The van der Waals surface area contributed by atoms with Gasteiger partial charge in [0.05, 0.1) is 0 Å². The lowest BCUT2D eigenvalue weighted by Gasteiger charge is -2.39. The van der Waals surface area contributed by atoms with Crippen molar-refractivity contribution in [2.45, 2.75) is 65.5 Å². The Hall–Kier alpha value is -0.0800. The van der Waals surface area contributed by atoms with Gasteiger partial charge in [-0.15, -0.1) is 0 Å². The van der Waals surface area contributed by atoms with Gasteiger partial charge in [-0.05, 0) is 51.6 Å². The molecule has 0 saturated carbocycles. The minimum absolute atomic E-state index is 0.672. The monoisotopic (exact) mass is 226 g/mol. The van der Waals surface area contributed by atoms with E-state index < -0.39 is 0 Å². The van der Waals surface area contributed by atoms with Crippen LogP contribution in [0.1, 0.15) is 53.4 Å². The average Bonchev–Trinajstić information content (AvgIpc) is 2.29. The molecular formula is C14H30N2. The Balaban J connectivity index is 2.42. The topological polar surface area (TPSA) is 15.3 Å². The first-order valence-electron chi connectivity index (χ1n) is 7.16. The lowest BCUT2D eigenvalue weighted by molar-refractivity contribution is 0.112. The molecule has 0 spiro atoms. The van der Waals surface area contributed by atoms with Crippen molar-refractivity contribution in [2.24, 2.45) is 5.92 Å². The number of hydrogen-bond acceptors (Lipinski definition) is 2. The summed E-state index contributed by atoms with van der Waals surface area (Å²) in [4.78, 5) is 2.69. The maximum absolute atomic E-state index is 3.69. The van der Waals surface area contributed by atoms with Crippen LogP contribution in [0.4, 0.5) is 0 Å². The number of hydrogen-bond donors (Lipinski definition) is 1. The van der Waals surface area contributed by atoms with Crippen LogP contribution in [-0.4, -0.2) is 36.6 Å². The lowest BCUT2D eigenvalue weighted by atomic mass is 9.96. The summed E-state index contributed by atoms with van der Waals surface area (Å²) in [5, 5.41) is 3.69. The average molecular weight is 226 g/mol. The Morgan fingerprint density at radius 1 is 1.38 bits per heavy atom. The van der Waals surface area contributed by atoms with Gasteiger partial charge in [-0.1, -0.05) is 20.8 Å². The summed E-state index contributed by atoms with van der Waals surface area (Å²) >= 11 is 0. The van der Waals surface area contributed by atoms with E-state index in [0.29, 0.717) is 12.1 Å². The van der Waals surface area contributed by atoms with Crippen LogP contribution in [0.15, 0.2) is 0 Å². The van der Waals surface area contributed by atoms with Crippen LogP contribution in [0.5, 0.6) is 0 Å². The molecule has 0 aromatic heterocycles. The van der Waals surface area contributed by atoms with Gasteiger partial charge in [0.2, 0.25) is 0 Å². The molecule has 1 N–H and O–H groups in total. The van der Waals surface area contributed by atoms with E-state index in [9.17, 15) is 0 Å². The van der Waals surface area contributed by atoms with E-state index in [-0.39, 0.29) is 0 Å². The number of rotatable bonds is 6. The summed E-state index contributed by atoms with van der Waals surface area (Å²) in [6, 6.07) is 1.37. The summed E-state index contributed by atoms with van der Waals surface area (Å²) in [5.41, 5.74) is 0. The molecule has 2 nitrogen and oxygen atoms in total. The lowest BCUT2D eigenvalue weighted by Crippen LogP contribution is -2.51. The van der Waals surface area contributed by atoms with E-state index >= 15 is 0 Å². The second-order valence-electron chi connectivity index (χ2n) is 5.45. The summed E-state index contributed by atoms with van der Waals surface area (Å²) in [6.45, 7) is 13.1. The molecule has 2 heteroatoms. The molecule has 0 aromatic rings. The van der Waals surface area contributed by atoms with Crippen LogP contribution in [0, 0.1) is 5.92 Å². The molecule has 0 aliphatic carbocycles. The smallest absolute Gasteiger partial charge is 0.0221 e. The van der Waals surface area contributed by atoms with Gasteiger partial charge in [0.15, 0.2) is 0 Å². The minimum atomic E-state index is 0.672. The molecule has 0 amide bonds. The van der Waals surface area contributed by atoms with Crippen LogP contribution in [-0.2, 0) is 0 Å². The first-order valence-corrected chi connectivity index (χ1v) is 7.16. The van der Waals surface area contributed by atoms with Crippen LogP contribution in [0.25, 0.3) is 0 Å². The fourth-order valence-corrected chi connectivity index (χ4v) is 2.84. The maximum Gasteiger partial charge on any atom is 0.0221 e. The zero-order valence-corrected chi connectivity index (χ0v) is 11.6. The normalized spacial score (nSPS) is 26.6. The third kappa shape index (κ3) is 4.06. The van der Waals surface area contributed by atoms with E-state index in [1.807, 2.05) is 0 Å². The Morgan fingerprint density at radius 3 is 2.69 bits per heavy atom. The summed E-state index contributed by atoms with van der Waals surface area (Å²) in [7, 11) is 0. The molecule has 0 radical (unpaired) electrons. The molecule has 1 fully saturated rings. The molecular weight excluding hydrogens is 196 g/mol. The standard InChI is InChI=1S/C14H30N2/c1-5-9-15-14(6-2)13(4)16-10-7-8-12(3)11-16/h12-15H,5-11H2,1-4H3. The van der Waals surface area contributed by atoms with Gasteiger partial charge in [-0.3, -0.25) is 4.90 Å². The summed E-state index contributed by atoms with van der Waals surface area (Å²) in [6.07, 6.45) is 5.28. The Kier molecular flexibility index (Phi) is 6.37. The fraction of sp³-hybridized carbons (Fsp3) is 1.00. The van der Waals surface area contributed by atoms with Crippen molar-refractivity contribution in [2.75, 3.05) is 19.6 Å². The summed E-state index contributed by atoms with van der Waals surface area (Å²) < 4.78 is 0. The first-order chi connectivity index (χ1) is 7.69. The molecule has 3 atom stereocenters. The highest BCUT2D eigenvalue weighted by atomic mass is 15.2. The molecule has 1 saturated heterocycles. The van der Waals surface area contributed by atoms with Crippen molar-refractivity contribution in [3.8, 4) is 0 Å². The predicted octanol–water partition coefficient (Wildman–Crippen LogP) is 2.89. The molecule has 1 aliphatic rings. The van der Waals surface area contributed by atoms with Gasteiger partial charge >= 0.3 is 0 Å². The van der Waals surface area contributed by atoms with Gasteiger partial charge in [-0.25, -0.2) is 0 Å². The summed E-state index contributed by atoms with van der Waals surface area (Å²) in [5.74, 6) is 0.889. The molecule has 1 aliphatic heterocycles. The Bertz CT molecular complexity index is 182. The van der Waals surface area contributed by atoms with Crippen molar-refractivity contribution in [1.29, 1.82) is 0 Å². The molecule has 0 aromatic carbocycles. The highest BCUT2D eigenvalue weighted by molar-refractivity contribution is 4.83. The maximum atomic E-state index is 3.69. The highest BCUT2D eigenvalue weighted by Crippen LogP contribution is 2.19. The largest absolute Gasteiger partial charge is 0.312 e. The quantitative estimate of drug-likeness (QED) is 0.749. The molecule has 3 unspecified atom stereocenters. The number of piperidine rings is 1. The SMILES string of the molecule is CCCNC(CC)C(C)N1CCCC(C)C1. The van der Waals surface area contributed by atoms with E-state index in [1.54, 1.807) is 0 Å². The first kappa shape index (κ1) is 14.0. The molecule has 96 valence electrons. The van der Waals surface area contributed by atoms with E-state index in [2.05, 4.69) is 37.9 Å². The highest BCUT2D eigenvalue weighted by Gasteiger charge is 2.25. The van der Waals surface area contributed by atoms with Crippen LogP contribution in [0.3, 0.4) is 0 Å². The third-order valence-electron chi connectivity index (χ3n) is 3.94. The Labute approximate surface area is 102 Å². The second-order valence-corrected chi connectivity index (χ2v) is 5.45. The van der Waals surface area contributed by atoms with Crippen LogP contribution in [0.2, 0.25) is 0 Å². The third-order valence-corrected chi connectivity index (χ3v) is 3.94. The van der Waals surface area contributed by atoms with Crippen LogP contribution < -0.4 is 5.32 Å². The molecule has 16 heavy (non-hydrogen) atoms. The predicted molar refractivity (Wildman–Crippen MR) is 71.8 cm³/mol. The molecule has 1 rings (SSSR count). The van der Waals surface area contributed by atoms with E-state index in [4.69, 9.17) is 0 Å². The van der Waals surface area contributed by atoms with Crippen molar-refractivity contribution in [3.63, 3.8) is 0 Å².